The summed E-state index contributed by atoms with van der Waals surface area (Å²) in [6.07, 6.45) is 6.61. The number of piperidine rings is 1. The largest absolute Gasteiger partial charge is 0.622 e. The van der Waals surface area contributed by atoms with Gasteiger partial charge >= 0.3 is 19.1 Å². The SMILES string of the molecule is CC(C)C[C@H](NC(=O)C(Cc1ccccc1)NC(=O)c1cnccn1)B1OC(=O)[C@H]2CCC[C@H](C(=O)O1)N2C. The maximum atomic E-state index is 13.7. The minimum atomic E-state index is -1.29. The van der Waals surface area contributed by atoms with Crippen LogP contribution in [0.5, 0.6) is 0 Å². The molecule has 4 atom stereocenters. The lowest BCUT2D eigenvalue weighted by Gasteiger charge is -2.40. The zero-order valence-corrected chi connectivity index (χ0v) is 22.4. The zero-order valence-electron chi connectivity index (χ0n) is 22.4. The molecule has 1 aromatic carbocycles. The van der Waals surface area contributed by atoms with Crippen LogP contribution in [0.1, 0.15) is 55.6 Å². The molecule has 0 saturated carbocycles. The Balaban J connectivity index is 1.56. The molecule has 2 bridgehead atoms. The number of rotatable bonds is 9. The first-order valence-corrected chi connectivity index (χ1v) is 13.3. The maximum Gasteiger partial charge on any atom is 0.622 e. The highest BCUT2D eigenvalue weighted by Crippen LogP contribution is 2.26. The average molecular weight is 535 g/mol. The maximum absolute atomic E-state index is 13.7. The number of hydrogen-bond acceptors (Lipinski definition) is 9. The number of likely N-dealkylation sites (N-methyl/N-ethyl adjacent to an activating group) is 1. The molecule has 1 aromatic heterocycles. The number of fused-ring (bicyclic) bond motifs is 2. The first-order valence-electron chi connectivity index (χ1n) is 13.3. The van der Waals surface area contributed by atoms with Gasteiger partial charge < -0.3 is 19.9 Å². The third-order valence-corrected chi connectivity index (χ3v) is 7.03. The number of carbonyl (C=O) groups is 4. The molecule has 2 aliphatic heterocycles. The van der Waals surface area contributed by atoms with Crippen molar-refractivity contribution in [3.05, 3.63) is 60.2 Å². The third kappa shape index (κ3) is 7.20. The Bertz CT molecular complexity index is 1140. The normalized spacial score (nSPS) is 21.2. The molecule has 2 fully saturated rings. The van der Waals surface area contributed by atoms with Crippen molar-refractivity contribution in [1.29, 1.82) is 0 Å². The Hall–Kier alpha value is -3.80. The van der Waals surface area contributed by atoms with Gasteiger partial charge in [-0.3, -0.25) is 29.1 Å². The highest BCUT2D eigenvalue weighted by molar-refractivity contribution is 6.51. The second-order valence-corrected chi connectivity index (χ2v) is 10.4. The van der Waals surface area contributed by atoms with Gasteiger partial charge in [-0.15, -0.1) is 0 Å². The summed E-state index contributed by atoms with van der Waals surface area (Å²) in [5.41, 5.74) is 0.901. The van der Waals surface area contributed by atoms with Gasteiger partial charge in [-0.1, -0.05) is 44.2 Å². The smallest absolute Gasteiger partial charge is 0.497 e. The van der Waals surface area contributed by atoms with Crippen molar-refractivity contribution in [3.8, 4) is 0 Å². The van der Waals surface area contributed by atoms with Gasteiger partial charge in [0, 0.05) is 18.8 Å². The van der Waals surface area contributed by atoms with Gasteiger partial charge in [0.05, 0.1) is 12.1 Å². The van der Waals surface area contributed by atoms with Crippen molar-refractivity contribution in [2.75, 3.05) is 7.05 Å². The Kier molecular flexibility index (Phi) is 9.29. The highest BCUT2D eigenvalue weighted by Gasteiger charge is 2.48. The van der Waals surface area contributed by atoms with E-state index in [1.165, 1.54) is 18.6 Å². The van der Waals surface area contributed by atoms with Crippen LogP contribution >= 0.6 is 0 Å². The Morgan fingerprint density at radius 3 is 2.31 bits per heavy atom. The second-order valence-electron chi connectivity index (χ2n) is 10.4. The number of benzene rings is 1. The van der Waals surface area contributed by atoms with E-state index in [0.717, 1.165) is 5.56 Å². The average Bonchev–Trinajstić information content (AvgIpc) is 2.92. The summed E-state index contributed by atoms with van der Waals surface area (Å²) in [5, 5.41) is 5.65. The van der Waals surface area contributed by atoms with Crippen LogP contribution in [-0.4, -0.2) is 76.9 Å². The monoisotopic (exact) mass is 535 g/mol. The lowest BCUT2D eigenvalue weighted by atomic mass is 9.72. The molecule has 0 aliphatic carbocycles. The molecule has 0 spiro atoms. The van der Waals surface area contributed by atoms with E-state index in [4.69, 9.17) is 9.31 Å². The fourth-order valence-electron chi connectivity index (χ4n) is 5.01. The van der Waals surface area contributed by atoms with Crippen LogP contribution in [0.15, 0.2) is 48.9 Å². The van der Waals surface area contributed by atoms with Crippen LogP contribution < -0.4 is 10.6 Å². The van der Waals surface area contributed by atoms with Crippen LogP contribution in [0.4, 0.5) is 0 Å². The fraction of sp³-hybridized carbons (Fsp3) is 0.481. The molecule has 4 rings (SSSR count). The molecule has 1 unspecified atom stereocenters. The number of amides is 2. The van der Waals surface area contributed by atoms with E-state index in [-0.39, 0.29) is 18.0 Å². The first kappa shape index (κ1) is 28.2. The van der Waals surface area contributed by atoms with Gasteiger partial charge in [-0.05, 0) is 44.2 Å². The van der Waals surface area contributed by atoms with E-state index in [1.807, 2.05) is 44.2 Å². The van der Waals surface area contributed by atoms with E-state index in [2.05, 4.69) is 20.6 Å². The Morgan fingerprint density at radius 1 is 1.05 bits per heavy atom. The van der Waals surface area contributed by atoms with Gasteiger partial charge in [0.2, 0.25) is 5.91 Å². The van der Waals surface area contributed by atoms with Crippen molar-refractivity contribution >= 4 is 30.9 Å². The number of hydrogen-bond donors (Lipinski definition) is 2. The highest BCUT2D eigenvalue weighted by atomic mass is 16.6. The van der Waals surface area contributed by atoms with Crippen molar-refractivity contribution in [3.63, 3.8) is 0 Å². The van der Waals surface area contributed by atoms with E-state index in [9.17, 15) is 19.2 Å². The molecule has 2 saturated heterocycles. The van der Waals surface area contributed by atoms with Gasteiger partial charge in [0.15, 0.2) is 0 Å². The van der Waals surface area contributed by atoms with Crippen molar-refractivity contribution in [1.82, 2.24) is 25.5 Å². The van der Waals surface area contributed by atoms with Crippen LogP contribution in [0.25, 0.3) is 0 Å². The van der Waals surface area contributed by atoms with Crippen molar-refractivity contribution in [2.45, 2.75) is 70.0 Å². The second kappa shape index (κ2) is 12.8. The quantitative estimate of drug-likeness (QED) is 0.455. The Morgan fingerprint density at radius 2 is 1.72 bits per heavy atom. The summed E-state index contributed by atoms with van der Waals surface area (Å²) in [7, 11) is 0.430. The van der Waals surface area contributed by atoms with Crippen molar-refractivity contribution < 1.29 is 28.5 Å². The van der Waals surface area contributed by atoms with Crippen molar-refractivity contribution in [2.24, 2.45) is 5.92 Å². The summed E-state index contributed by atoms with van der Waals surface area (Å²) in [6.45, 7) is 3.90. The molecular formula is C27H34BN5O6. The minimum Gasteiger partial charge on any atom is -0.497 e. The molecule has 39 heavy (non-hydrogen) atoms. The molecule has 0 radical (unpaired) electrons. The molecule has 2 amide bonds. The predicted octanol–water partition coefficient (Wildman–Crippen LogP) is 1.33. The van der Waals surface area contributed by atoms with Crippen LogP contribution in [0, 0.1) is 5.92 Å². The van der Waals surface area contributed by atoms with Crippen LogP contribution in [0.2, 0.25) is 0 Å². The molecule has 3 heterocycles. The summed E-state index contributed by atoms with van der Waals surface area (Å²) in [5.74, 6) is -2.78. The summed E-state index contributed by atoms with van der Waals surface area (Å²) in [6, 6.07) is 7.18. The van der Waals surface area contributed by atoms with Crippen LogP contribution in [0.3, 0.4) is 0 Å². The molecule has 206 valence electrons. The van der Waals surface area contributed by atoms with E-state index in [0.29, 0.717) is 25.7 Å². The topological polar surface area (TPSA) is 140 Å². The van der Waals surface area contributed by atoms with E-state index >= 15 is 0 Å². The van der Waals surface area contributed by atoms with E-state index < -0.39 is 54.9 Å². The zero-order chi connectivity index (χ0) is 27.9. The predicted molar refractivity (Wildman–Crippen MR) is 142 cm³/mol. The summed E-state index contributed by atoms with van der Waals surface area (Å²) in [4.78, 5) is 62.2. The number of aromatic nitrogens is 2. The number of carbonyl (C=O) groups excluding carboxylic acids is 4. The molecule has 11 nitrogen and oxygen atoms in total. The molecular weight excluding hydrogens is 501 g/mol. The van der Waals surface area contributed by atoms with Crippen LogP contribution in [-0.2, 0) is 30.1 Å². The minimum absolute atomic E-state index is 0.0700. The number of nitrogens with one attached hydrogen (secondary N) is 2. The van der Waals surface area contributed by atoms with Gasteiger partial charge in [0.1, 0.15) is 23.8 Å². The first-order chi connectivity index (χ1) is 18.7. The van der Waals surface area contributed by atoms with Gasteiger partial charge in [-0.2, -0.15) is 0 Å². The Labute approximate surface area is 228 Å². The lowest BCUT2D eigenvalue weighted by Crippen LogP contribution is -2.62. The molecule has 2 aromatic rings. The molecule has 12 heteroatoms. The third-order valence-electron chi connectivity index (χ3n) is 7.03. The summed E-state index contributed by atoms with van der Waals surface area (Å²) < 4.78 is 11.4. The lowest BCUT2D eigenvalue weighted by molar-refractivity contribution is -0.157. The fourth-order valence-corrected chi connectivity index (χ4v) is 5.01. The van der Waals surface area contributed by atoms with Gasteiger partial charge in [-0.25, -0.2) is 4.98 Å². The van der Waals surface area contributed by atoms with E-state index in [1.54, 1.807) is 11.9 Å². The van der Waals surface area contributed by atoms with Gasteiger partial charge in [0.25, 0.3) is 5.91 Å². The standard InChI is InChI=1S/C27H34BN5O6/c1-17(2)14-23(28-38-26(36)21-10-7-11-22(33(21)3)27(37)39-28)32-24(34)19(15-18-8-5-4-6-9-18)31-25(35)20-16-29-12-13-30-20/h4-6,8-9,12-13,16-17,19,21-23H,7,10-11,14-15H2,1-3H3,(H,31,35)(H,32,34)/t19?,21-,22-,23+/m1/s1. The molecule has 2 aliphatic rings. The molecule has 2 N–H and O–H groups in total. The summed E-state index contributed by atoms with van der Waals surface area (Å²) >= 11 is 0. The number of nitrogens with zero attached hydrogens (tertiary/aromatic N) is 3.